The maximum absolute atomic E-state index is 12.0. The van der Waals surface area contributed by atoms with Gasteiger partial charge in [-0.1, -0.05) is 30.3 Å². The van der Waals surface area contributed by atoms with E-state index in [0.717, 1.165) is 11.3 Å². The standard InChI is InChI=1S/C16H24N6O2S/c1-17-16(19-13-15-8-9-20-22(15)2)18-10-11-25(23,24)21-12-14-6-4-3-5-7-14/h3-9,21H,10-13H2,1-2H3,(H2,17,18,19). The number of aromatic nitrogens is 2. The number of rotatable bonds is 8. The van der Waals surface area contributed by atoms with E-state index in [0.29, 0.717) is 12.5 Å². The van der Waals surface area contributed by atoms with Crippen molar-refractivity contribution in [2.45, 2.75) is 13.1 Å². The van der Waals surface area contributed by atoms with Crippen molar-refractivity contribution >= 4 is 16.0 Å². The van der Waals surface area contributed by atoms with Gasteiger partial charge in [-0.2, -0.15) is 5.10 Å². The molecule has 0 saturated carbocycles. The Morgan fingerprint density at radius 3 is 2.56 bits per heavy atom. The molecular formula is C16H24N6O2S. The molecule has 0 aliphatic heterocycles. The summed E-state index contributed by atoms with van der Waals surface area (Å²) >= 11 is 0. The highest BCUT2D eigenvalue weighted by atomic mass is 32.2. The number of guanidine groups is 1. The lowest BCUT2D eigenvalue weighted by Crippen LogP contribution is -2.40. The van der Waals surface area contributed by atoms with Crippen LogP contribution in [-0.4, -0.2) is 43.5 Å². The van der Waals surface area contributed by atoms with Crippen LogP contribution in [0.25, 0.3) is 0 Å². The molecular weight excluding hydrogens is 340 g/mol. The minimum absolute atomic E-state index is 0.0355. The minimum Gasteiger partial charge on any atom is -0.355 e. The maximum atomic E-state index is 12.0. The van der Waals surface area contributed by atoms with E-state index in [1.165, 1.54) is 0 Å². The van der Waals surface area contributed by atoms with Crippen LogP contribution in [0, 0.1) is 0 Å². The summed E-state index contributed by atoms with van der Waals surface area (Å²) in [6, 6.07) is 11.3. The Bertz CT molecular complexity index is 786. The Hall–Kier alpha value is -2.39. The number of aliphatic imine (C=N–C) groups is 1. The molecule has 0 radical (unpaired) electrons. The van der Waals surface area contributed by atoms with Crippen molar-refractivity contribution in [3.05, 3.63) is 53.9 Å². The molecule has 0 aliphatic carbocycles. The van der Waals surface area contributed by atoms with Crippen LogP contribution in [0.15, 0.2) is 47.6 Å². The molecule has 25 heavy (non-hydrogen) atoms. The Labute approximate surface area is 148 Å². The van der Waals surface area contributed by atoms with Crippen molar-refractivity contribution in [1.29, 1.82) is 0 Å². The first kappa shape index (κ1) is 18.9. The zero-order valence-corrected chi connectivity index (χ0v) is 15.3. The molecule has 0 saturated heterocycles. The van der Waals surface area contributed by atoms with Gasteiger partial charge in [0.25, 0.3) is 0 Å². The van der Waals surface area contributed by atoms with Crippen LogP contribution in [0.4, 0.5) is 0 Å². The Morgan fingerprint density at radius 2 is 1.92 bits per heavy atom. The molecule has 0 amide bonds. The highest BCUT2D eigenvalue weighted by Crippen LogP contribution is 1.98. The third-order valence-electron chi connectivity index (χ3n) is 3.59. The zero-order chi connectivity index (χ0) is 18.1. The molecule has 1 heterocycles. The third kappa shape index (κ3) is 6.55. The Morgan fingerprint density at radius 1 is 1.16 bits per heavy atom. The lowest BCUT2D eigenvalue weighted by molar-refractivity contribution is 0.579. The molecule has 1 aromatic heterocycles. The molecule has 0 atom stereocenters. The first-order valence-corrected chi connectivity index (χ1v) is 9.58. The van der Waals surface area contributed by atoms with Gasteiger partial charge in [-0.15, -0.1) is 0 Å². The molecule has 0 fully saturated rings. The van der Waals surface area contributed by atoms with Crippen LogP contribution in [0.3, 0.4) is 0 Å². The van der Waals surface area contributed by atoms with E-state index >= 15 is 0 Å². The van der Waals surface area contributed by atoms with Gasteiger partial charge >= 0.3 is 0 Å². The largest absolute Gasteiger partial charge is 0.355 e. The van der Waals surface area contributed by atoms with Crippen molar-refractivity contribution in [3.63, 3.8) is 0 Å². The molecule has 0 unspecified atom stereocenters. The number of nitrogens with zero attached hydrogens (tertiary/aromatic N) is 3. The topological polar surface area (TPSA) is 100 Å². The quantitative estimate of drug-likeness (QED) is 0.459. The second-order valence-corrected chi connectivity index (χ2v) is 7.35. The van der Waals surface area contributed by atoms with Crippen molar-refractivity contribution in [3.8, 4) is 0 Å². The molecule has 9 heteroatoms. The Balaban J connectivity index is 1.73. The first-order valence-electron chi connectivity index (χ1n) is 7.93. The van der Waals surface area contributed by atoms with Gasteiger partial charge in [0.15, 0.2) is 5.96 Å². The fourth-order valence-electron chi connectivity index (χ4n) is 2.13. The fraction of sp³-hybridized carbons (Fsp3) is 0.375. The molecule has 0 aliphatic rings. The second kappa shape index (κ2) is 9.19. The maximum Gasteiger partial charge on any atom is 0.213 e. The molecule has 2 aromatic rings. The Kier molecular flexibility index (Phi) is 6.96. The molecule has 1 aromatic carbocycles. The predicted octanol–water partition coefficient (Wildman–Crippen LogP) is 0.205. The van der Waals surface area contributed by atoms with E-state index in [2.05, 4.69) is 25.4 Å². The molecule has 0 spiro atoms. The summed E-state index contributed by atoms with van der Waals surface area (Å²) in [4.78, 5) is 4.08. The number of hydrogen-bond donors (Lipinski definition) is 3. The summed E-state index contributed by atoms with van der Waals surface area (Å²) in [6.07, 6.45) is 1.72. The van der Waals surface area contributed by atoms with Crippen LogP contribution in [0.2, 0.25) is 0 Å². The van der Waals surface area contributed by atoms with Crippen LogP contribution in [-0.2, 0) is 30.2 Å². The van der Waals surface area contributed by atoms with Gasteiger partial charge in [-0.3, -0.25) is 9.67 Å². The van der Waals surface area contributed by atoms with Gasteiger partial charge in [0.2, 0.25) is 10.0 Å². The summed E-state index contributed by atoms with van der Waals surface area (Å²) in [5.74, 6) is 0.506. The smallest absolute Gasteiger partial charge is 0.213 e. The van der Waals surface area contributed by atoms with Gasteiger partial charge < -0.3 is 10.6 Å². The summed E-state index contributed by atoms with van der Waals surface area (Å²) in [5, 5.41) is 10.2. The van der Waals surface area contributed by atoms with Crippen LogP contribution < -0.4 is 15.4 Å². The number of sulfonamides is 1. The van der Waals surface area contributed by atoms with E-state index in [1.54, 1.807) is 17.9 Å². The van der Waals surface area contributed by atoms with Crippen LogP contribution in [0.1, 0.15) is 11.3 Å². The van der Waals surface area contributed by atoms with Crippen molar-refractivity contribution in [2.75, 3.05) is 19.3 Å². The van der Waals surface area contributed by atoms with Crippen molar-refractivity contribution in [1.82, 2.24) is 25.1 Å². The summed E-state index contributed by atoms with van der Waals surface area (Å²) < 4.78 is 28.4. The second-order valence-electron chi connectivity index (χ2n) is 5.42. The molecule has 2 rings (SSSR count). The van der Waals surface area contributed by atoms with Crippen molar-refractivity contribution in [2.24, 2.45) is 12.0 Å². The normalized spacial score (nSPS) is 12.2. The number of aryl methyl sites for hydroxylation is 1. The zero-order valence-electron chi connectivity index (χ0n) is 14.4. The SMILES string of the molecule is CN=C(NCCS(=O)(=O)NCc1ccccc1)NCc1ccnn1C. The van der Waals surface area contributed by atoms with Gasteiger partial charge in [0, 0.05) is 33.4 Å². The molecule has 3 N–H and O–H groups in total. The van der Waals surface area contributed by atoms with Gasteiger partial charge in [-0.25, -0.2) is 13.1 Å². The van der Waals surface area contributed by atoms with Crippen molar-refractivity contribution < 1.29 is 8.42 Å². The van der Waals surface area contributed by atoms with Gasteiger partial charge in [-0.05, 0) is 11.6 Å². The lowest BCUT2D eigenvalue weighted by atomic mass is 10.2. The van der Waals surface area contributed by atoms with Gasteiger partial charge in [0.05, 0.1) is 18.0 Å². The molecule has 0 bridgehead atoms. The highest BCUT2D eigenvalue weighted by molar-refractivity contribution is 7.89. The number of benzene rings is 1. The summed E-state index contributed by atoms with van der Waals surface area (Å²) in [7, 11) is 0.141. The third-order valence-corrected chi connectivity index (χ3v) is 4.91. The summed E-state index contributed by atoms with van der Waals surface area (Å²) in [6.45, 7) is 1.10. The minimum atomic E-state index is -3.36. The first-order chi connectivity index (χ1) is 12.0. The van der Waals surface area contributed by atoms with E-state index in [4.69, 9.17) is 0 Å². The molecule has 136 valence electrons. The average Bonchev–Trinajstić information content (AvgIpc) is 3.02. The fourth-order valence-corrected chi connectivity index (χ4v) is 3.04. The van der Waals surface area contributed by atoms with Crippen LogP contribution >= 0.6 is 0 Å². The van der Waals surface area contributed by atoms with E-state index in [-0.39, 0.29) is 18.8 Å². The van der Waals surface area contributed by atoms with E-state index in [9.17, 15) is 8.42 Å². The highest BCUT2D eigenvalue weighted by Gasteiger charge is 2.10. The predicted molar refractivity (Wildman–Crippen MR) is 98.5 cm³/mol. The number of nitrogens with one attached hydrogen (secondary N) is 3. The van der Waals surface area contributed by atoms with E-state index < -0.39 is 10.0 Å². The van der Waals surface area contributed by atoms with Crippen LogP contribution in [0.5, 0.6) is 0 Å². The average molecular weight is 364 g/mol. The van der Waals surface area contributed by atoms with E-state index in [1.807, 2.05) is 43.4 Å². The number of hydrogen-bond acceptors (Lipinski definition) is 4. The summed E-state index contributed by atoms with van der Waals surface area (Å²) in [5.41, 5.74) is 1.92. The lowest BCUT2D eigenvalue weighted by Gasteiger charge is -2.12. The monoisotopic (exact) mass is 364 g/mol. The molecule has 8 nitrogen and oxygen atoms in total. The van der Waals surface area contributed by atoms with Gasteiger partial charge in [0.1, 0.15) is 0 Å².